The van der Waals surface area contributed by atoms with Gasteiger partial charge < -0.3 is 5.32 Å². The molecule has 0 saturated heterocycles. The van der Waals surface area contributed by atoms with E-state index in [9.17, 15) is 4.39 Å². The smallest absolute Gasteiger partial charge is 0.207 e. The van der Waals surface area contributed by atoms with Crippen LogP contribution in [0.1, 0.15) is 19.0 Å². The highest BCUT2D eigenvalue weighted by molar-refractivity contribution is 6.30. The number of imidazole rings is 1. The fourth-order valence-corrected chi connectivity index (χ4v) is 1.81. The highest BCUT2D eigenvalue weighted by atomic mass is 35.5. The van der Waals surface area contributed by atoms with E-state index >= 15 is 0 Å². The molecule has 1 aromatic carbocycles. The highest BCUT2D eigenvalue weighted by Crippen LogP contribution is 2.21. The summed E-state index contributed by atoms with van der Waals surface area (Å²) in [6, 6.07) is 4.72. The molecule has 2 aromatic rings. The summed E-state index contributed by atoms with van der Waals surface area (Å²) in [6.07, 6.45) is 2.86. The Hall–Kier alpha value is -1.55. The van der Waals surface area contributed by atoms with Crippen molar-refractivity contribution in [3.8, 4) is 5.69 Å². The van der Waals surface area contributed by atoms with Crippen LogP contribution in [0.3, 0.4) is 0 Å². The topological polar surface area (TPSA) is 29.9 Å². The van der Waals surface area contributed by atoms with Crippen LogP contribution in [0.15, 0.2) is 24.4 Å². The molecule has 2 rings (SSSR count). The molecule has 0 saturated carbocycles. The molecule has 0 unspecified atom stereocenters. The van der Waals surface area contributed by atoms with Gasteiger partial charge in [-0.2, -0.15) is 0 Å². The quantitative estimate of drug-likeness (QED) is 0.913. The number of hydrogen-bond donors (Lipinski definition) is 1. The number of nitrogens with one attached hydrogen (secondary N) is 1. The van der Waals surface area contributed by atoms with Crippen LogP contribution in [0, 0.1) is 12.7 Å². The molecule has 18 heavy (non-hydrogen) atoms. The third-order valence-electron chi connectivity index (χ3n) is 2.54. The van der Waals surface area contributed by atoms with Gasteiger partial charge in [-0.05, 0) is 31.5 Å². The van der Waals surface area contributed by atoms with E-state index in [1.54, 1.807) is 12.1 Å². The molecule has 0 aliphatic carbocycles. The lowest BCUT2D eigenvalue weighted by Gasteiger charge is -2.09. The predicted octanol–water partition coefficient (Wildman–Crippen LogP) is 3.80. The van der Waals surface area contributed by atoms with E-state index in [0.29, 0.717) is 5.69 Å². The molecule has 1 heterocycles. The zero-order chi connectivity index (χ0) is 13.1. The summed E-state index contributed by atoms with van der Waals surface area (Å²) in [7, 11) is 0. The predicted molar refractivity (Wildman–Crippen MR) is 72.0 cm³/mol. The van der Waals surface area contributed by atoms with Crippen molar-refractivity contribution in [2.24, 2.45) is 0 Å². The Morgan fingerprint density at radius 1 is 1.44 bits per heavy atom. The van der Waals surface area contributed by atoms with Crippen LogP contribution in [0.25, 0.3) is 5.69 Å². The molecular formula is C13H15ClFN3. The largest absolute Gasteiger partial charge is 0.355 e. The summed E-state index contributed by atoms with van der Waals surface area (Å²) in [5.74, 6) is 0.290. The number of benzene rings is 1. The van der Waals surface area contributed by atoms with Crippen molar-refractivity contribution in [2.75, 3.05) is 11.9 Å². The van der Waals surface area contributed by atoms with Gasteiger partial charge in [0, 0.05) is 12.7 Å². The van der Waals surface area contributed by atoms with E-state index in [1.165, 1.54) is 6.07 Å². The van der Waals surface area contributed by atoms with Crippen LogP contribution < -0.4 is 5.32 Å². The number of aromatic nitrogens is 2. The van der Waals surface area contributed by atoms with Crippen molar-refractivity contribution >= 4 is 17.5 Å². The second-order valence-corrected chi connectivity index (χ2v) is 4.51. The van der Waals surface area contributed by atoms with Crippen LogP contribution in [0.2, 0.25) is 5.02 Å². The standard InChI is InChI=1S/C13H15ClFN3/c1-3-6-16-13-17-9(2)8-18(13)10-4-5-11(14)12(15)7-10/h4-5,7-8H,3,6H2,1-2H3,(H,16,17). The average molecular weight is 268 g/mol. The molecule has 3 nitrogen and oxygen atoms in total. The summed E-state index contributed by atoms with van der Waals surface area (Å²) in [5, 5.41) is 3.34. The highest BCUT2D eigenvalue weighted by Gasteiger charge is 2.09. The normalized spacial score (nSPS) is 10.7. The first-order valence-corrected chi connectivity index (χ1v) is 6.25. The van der Waals surface area contributed by atoms with Gasteiger partial charge in [-0.3, -0.25) is 4.57 Å². The lowest BCUT2D eigenvalue weighted by atomic mass is 10.3. The summed E-state index contributed by atoms with van der Waals surface area (Å²) >= 11 is 5.68. The summed E-state index contributed by atoms with van der Waals surface area (Å²) in [5.41, 5.74) is 1.58. The number of anilines is 1. The Bertz CT molecular complexity index is 551. The minimum absolute atomic E-state index is 0.124. The monoisotopic (exact) mass is 267 g/mol. The van der Waals surface area contributed by atoms with E-state index in [-0.39, 0.29) is 5.02 Å². The Kier molecular flexibility index (Phi) is 3.87. The van der Waals surface area contributed by atoms with Gasteiger partial charge in [0.1, 0.15) is 5.82 Å². The molecule has 0 atom stereocenters. The van der Waals surface area contributed by atoms with E-state index < -0.39 is 5.82 Å². The zero-order valence-corrected chi connectivity index (χ0v) is 11.1. The van der Waals surface area contributed by atoms with Crippen molar-refractivity contribution in [3.63, 3.8) is 0 Å². The summed E-state index contributed by atoms with van der Waals surface area (Å²) in [6.45, 7) is 4.81. The van der Waals surface area contributed by atoms with E-state index in [1.807, 2.05) is 17.7 Å². The first-order valence-electron chi connectivity index (χ1n) is 5.87. The van der Waals surface area contributed by atoms with E-state index in [0.717, 1.165) is 24.6 Å². The number of hydrogen-bond acceptors (Lipinski definition) is 2. The molecule has 0 aliphatic heterocycles. The fourth-order valence-electron chi connectivity index (χ4n) is 1.69. The van der Waals surface area contributed by atoms with E-state index in [4.69, 9.17) is 11.6 Å². The van der Waals surface area contributed by atoms with Crippen LogP contribution in [-0.4, -0.2) is 16.1 Å². The van der Waals surface area contributed by atoms with Crippen LogP contribution >= 0.6 is 11.6 Å². The SMILES string of the molecule is CCCNc1nc(C)cn1-c1ccc(Cl)c(F)c1. The second-order valence-electron chi connectivity index (χ2n) is 4.10. The van der Waals surface area contributed by atoms with Gasteiger partial charge in [0.2, 0.25) is 5.95 Å². The minimum atomic E-state index is -0.429. The van der Waals surface area contributed by atoms with Crippen molar-refractivity contribution in [2.45, 2.75) is 20.3 Å². The maximum absolute atomic E-state index is 13.5. The van der Waals surface area contributed by atoms with Crippen molar-refractivity contribution in [1.29, 1.82) is 0 Å². The lowest BCUT2D eigenvalue weighted by molar-refractivity contribution is 0.627. The average Bonchev–Trinajstić information content (AvgIpc) is 2.71. The van der Waals surface area contributed by atoms with E-state index in [2.05, 4.69) is 17.2 Å². The number of rotatable bonds is 4. The summed E-state index contributed by atoms with van der Waals surface area (Å²) < 4.78 is 15.3. The molecule has 0 radical (unpaired) electrons. The van der Waals surface area contributed by atoms with Crippen LogP contribution in [-0.2, 0) is 0 Å². The van der Waals surface area contributed by atoms with Gasteiger partial charge in [-0.1, -0.05) is 18.5 Å². The summed E-state index contributed by atoms with van der Waals surface area (Å²) in [4.78, 5) is 4.37. The van der Waals surface area contributed by atoms with Crippen molar-refractivity contribution in [1.82, 2.24) is 9.55 Å². The molecule has 1 N–H and O–H groups in total. The van der Waals surface area contributed by atoms with Crippen molar-refractivity contribution < 1.29 is 4.39 Å². The van der Waals surface area contributed by atoms with Gasteiger partial charge in [0.05, 0.1) is 16.4 Å². The van der Waals surface area contributed by atoms with Crippen molar-refractivity contribution in [3.05, 3.63) is 40.9 Å². The third-order valence-corrected chi connectivity index (χ3v) is 2.85. The zero-order valence-electron chi connectivity index (χ0n) is 10.4. The van der Waals surface area contributed by atoms with Gasteiger partial charge in [0.25, 0.3) is 0 Å². The first kappa shape index (κ1) is 12.9. The van der Waals surface area contributed by atoms with Crippen LogP contribution in [0.4, 0.5) is 10.3 Å². The lowest BCUT2D eigenvalue weighted by Crippen LogP contribution is -2.06. The van der Waals surface area contributed by atoms with Gasteiger partial charge >= 0.3 is 0 Å². The molecule has 0 bridgehead atoms. The van der Waals surface area contributed by atoms with Gasteiger partial charge in [-0.15, -0.1) is 0 Å². The third kappa shape index (κ3) is 2.64. The Morgan fingerprint density at radius 3 is 2.89 bits per heavy atom. The molecule has 96 valence electrons. The minimum Gasteiger partial charge on any atom is -0.355 e. The van der Waals surface area contributed by atoms with Gasteiger partial charge in [0.15, 0.2) is 0 Å². The molecule has 5 heteroatoms. The Morgan fingerprint density at radius 2 is 2.22 bits per heavy atom. The van der Waals surface area contributed by atoms with Gasteiger partial charge in [-0.25, -0.2) is 9.37 Å². The molecule has 0 amide bonds. The molecular weight excluding hydrogens is 253 g/mol. The number of nitrogens with zero attached hydrogens (tertiary/aromatic N) is 2. The maximum Gasteiger partial charge on any atom is 0.207 e. The molecule has 0 fully saturated rings. The van der Waals surface area contributed by atoms with Crippen LogP contribution in [0.5, 0.6) is 0 Å². The molecule has 0 spiro atoms. The molecule has 1 aromatic heterocycles. The Balaban J connectivity index is 2.39. The Labute approximate surface area is 111 Å². The number of halogens is 2. The second kappa shape index (κ2) is 5.40. The molecule has 0 aliphatic rings. The first-order chi connectivity index (χ1) is 8.61. The maximum atomic E-state index is 13.5. The fraction of sp³-hybridized carbons (Fsp3) is 0.308. The number of aryl methyl sites for hydroxylation is 1.